The molecule has 2 aromatic rings. The fourth-order valence-electron chi connectivity index (χ4n) is 2.54. The number of nitriles is 1. The Hall–Kier alpha value is -2.51. The number of ether oxygens (including phenoxy) is 1. The van der Waals surface area contributed by atoms with Gasteiger partial charge in [-0.1, -0.05) is 30.3 Å². The minimum Gasteiger partial charge on any atom is -0.465 e. The van der Waals surface area contributed by atoms with Gasteiger partial charge in [-0.05, 0) is 28.8 Å². The molecule has 2 aromatic carbocycles. The molecule has 4 heteroatoms. The topological polar surface area (TPSA) is 50.1 Å². The molecular weight excluding hydrogens is 294 g/mol. The minimum absolute atomic E-state index is 0.351. The molecule has 0 unspecified atom stereocenters. The van der Waals surface area contributed by atoms with Crippen molar-refractivity contribution < 1.29 is 9.53 Å². The summed E-state index contributed by atoms with van der Waals surface area (Å²) < 4.78 is 4.78. The lowest BCUT2D eigenvalue weighted by Gasteiger charge is -2.10. The third-order valence-electron chi connectivity index (χ3n) is 3.59. The lowest BCUT2D eigenvalue weighted by Crippen LogP contribution is -2.02. The van der Waals surface area contributed by atoms with Crippen molar-refractivity contribution in [2.45, 2.75) is 10.6 Å². The number of thioether (sulfide) groups is 1. The molecule has 0 amide bonds. The molecule has 22 heavy (non-hydrogen) atoms. The zero-order chi connectivity index (χ0) is 15.5. The van der Waals surface area contributed by atoms with Crippen LogP contribution >= 0.6 is 11.8 Å². The SMILES string of the molecule is COC(=O)c1ccc2c(c1)SCc1ccccc1C2=CC#N. The highest BCUT2D eigenvalue weighted by atomic mass is 32.2. The van der Waals surface area contributed by atoms with Gasteiger partial charge in [0.2, 0.25) is 0 Å². The first kappa shape index (κ1) is 14.4. The Morgan fingerprint density at radius 3 is 2.86 bits per heavy atom. The average molecular weight is 307 g/mol. The molecule has 0 spiro atoms. The molecule has 108 valence electrons. The zero-order valence-electron chi connectivity index (χ0n) is 12.0. The molecule has 1 heterocycles. The molecule has 0 bridgehead atoms. The van der Waals surface area contributed by atoms with Gasteiger partial charge in [0.05, 0.1) is 18.7 Å². The molecule has 0 aromatic heterocycles. The molecule has 1 aliphatic rings. The first-order valence-corrected chi connectivity index (χ1v) is 7.76. The smallest absolute Gasteiger partial charge is 0.337 e. The van der Waals surface area contributed by atoms with Gasteiger partial charge in [-0.25, -0.2) is 4.79 Å². The van der Waals surface area contributed by atoms with E-state index in [1.54, 1.807) is 23.9 Å². The van der Waals surface area contributed by atoms with Gasteiger partial charge in [0.15, 0.2) is 0 Å². The van der Waals surface area contributed by atoms with E-state index in [9.17, 15) is 4.79 Å². The van der Waals surface area contributed by atoms with Crippen molar-refractivity contribution in [1.82, 2.24) is 0 Å². The highest BCUT2D eigenvalue weighted by Gasteiger charge is 2.19. The second-order valence-corrected chi connectivity index (χ2v) is 5.85. The fraction of sp³-hybridized carbons (Fsp3) is 0.111. The molecule has 3 rings (SSSR count). The van der Waals surface area contributed by atoms with Crippen molar-refractivity contribution >= 4 is 23.3 Å². The second kappa shape index (κ2) is 6.08. The lowest BCUT2D eigenvalue weighted by atomic mass is 9.93. The molecule has 1 aliphatic heterocycles. The van der Waals surface area contributed by atoms with Gasteiger partial charge in [0.1, 0.15) is 0 Å². The summed E-state index contributed by atoms with van der Waals surface area (Å²) in [6, 6.07) is 15.7. The molecular formula is C18H13NO2S. The van der Waals surface area contributed by atoms with E-state index < -0.39 is 0 Å². The lowest BCUT2D eigenvalue weighted by molar-refractivity contribution is 0.0600. The summed E-state index contributed by atoms with van der Waals surface area (Å²) in [7, 11) is 1.37. The number of methoxy groups -OCH3 is 1. The van der Waals surface area contributed by atoms with Gasteiger partial charge in [-0.3, -0.25) is 0 Å². The van der Waals surface area contributed by atoms with E-state index in [2.05, 4.69) is 12.1 Å². The molecule has 0 saturated heterocycles. The maximum atomic E-state index is 11.7. The number of rotatable bonds is 1. The number of fused-ring (bicyclic) bond motifs is 2. The molecule has 3 nitrogen and oxygen atoms in total. The van der Waals surface area contributed by atoms with E-state index in [0.717, 1.165) is 27.3 Å². The summed E-state index contributed by atoms with van der Waals surface area (Å²) in [5.41, 5.74) is 4.65. The number of benzene rings is 2. The molecule has 0 radical (unpaired) electrons. The number of hydrogen-bond acceptors (Lipinski definition) is 4. The Bertz CT molecular complexity index is 818. The van der Waals surface area contributed by atoms with Crippen LogP contribution in [0.3, 0.4) is 0 Å². The molecule has 0 N–H and O–H groups in total. The van der Waals surface area contributed by atoms with Gasteiger partial charge in [0.25, 0.3) is 0 Å². The summed E-state index contributed by atoms with van der Waals surface area (Å²) in [5, 5.41) is 9.14. The van der Waals surface area contributed by atoms with E-state index in [-0.39, 0.29) is 5.97 Å². The predicted molar refractivity (Wildman–Crippen MR) is 86.5 cm³/mol. The monoisotopic (exact) mass is 307 g/mol. The van der Waals surface area contributed by atoms with Crippen molar-refractivity contribution in [3.05, 3.63) is 70.8 Å². The van der Waals surface area contributed by atoms with Crippen LogP contribution in [0.15, 0.2) is 53.4 Å². The van der Waals surface area contributed by atoms with Gasteiger partial charge in [0, 0.05) is 22.3 Å². The number of allylic oxidation sites excluding steroid dienone is 1. The highest BCUT2D eigenvalue weighted by molar-refractivity contribution is 7.98. The maximum absolute atomic E-state index is 11.7. The fourth-order valence-corrected chi connectivity index (χ4v) is 3.65. The van der Waals surface area contributed by atoms with Crippen LogP contribution in [0.2, 0.25) is 0 Å². The number of esters is 1. The molecule has 0 aliphatic carbocycles. The van der Waals surface area contributed by atoms with Gasteiger partial charge >= 0.3 is 5.97 Å². The first-order chi connectivity index (χ1) is 10.7. The zero-order valence-corrected chi connectivity index (χ0v) is 12.8. The van der Waals surface area contributed by atoms with E-state index in [1.165, 1.54) is 12.7 Å². The third-order valence-corrected chi connectivity index (χ3v) is 4.70. The van der Waals surface area contributed by atoms with E-state index in [4.69, 9.17) is 10.00 Å². The van der Waals surface area contributed by atoms with Crippen molar-refractivity contribution in [2.24, 2.45) is 0 Å². The number of carbonyl (C=O) groups is 1. The Morgan fingerprint density at radius 2 is 2.09 bits per heavy atom. The normalized spacial score (nSPS) is 14.5. The number of hydrogen-bond donors (Lipinski definition) is 0. The van der Waals surface area contributed by atoms with Crippen LogP contribution in [0, 0.1) is 11.3 Å². The van der Waals surface area contributed by atoms with Crippen LogP contribution in [0.1, 0.15) is 27.0 Å². The summed E-state index contributed by atoms with van der Waals surface area (Å²) in [4.78, 5) is 12.7. The van der Waals surface area contributed by atoms with Crippen LogP contribution in [-0.2, 0) is 10.5 Å². The van der Waals surface area contributed by atoms with Gasteiger partial charge in [-0.2, -0.15) is 5.26 Å². The van der Waals surface area contributed by atoms with Crippen molar-refractivity contribution in [3.8, 4) is 6.07 Å². The van der Waals surface area contributed by atoms with Crippen molar-refractivity contribution in [3.63, 3.8) is 0 Å². The largest absolute Gasteiger partial charge is 0.465 e. The van der Waals surface area contributed by atoms with Crippen LogP contribution < -0.4 is 0 Å². The molecule has 0 saturated carbocycles. The van der Waals surface area contributed by atoms with Crippen LogP contribution in [0.5, 0.6) is 0 Å². The number of carbonyl (C=O) groups excluding carboxylic acids is 1. The standard InChI is InChI=1S/C18H13NO2S/c1-21-18(20)12-6-7-16-15(8-9-19)14-5-3-2-4-13(14)11-22-17(16)10-12/h2-8,10H,11H2,1H3. The molecule has 0 fully saturated rings. The summed E-state index contributed by atoms with van der Waals surface area (Å²) in [6.45, 7) is 0. The Morgan fingerprint density at radius 1 is 1.27 bits per heavy atom. The third kappa shape index (κ3) is 2.51. The average Bonchev–Trinajstić information content (AvgIpc) is 2.72. The Balaban J connectivity index is 2.18. The quantitative estimate of drug-likeness (QED) is 0.589. The number of nitrogens with zero attached hydrogens (tertiary/aromatic N) is 1. The minimum atomic E-state index is -0.351. The second-order valence-electron chi connectivity index (χ2n) is 4.84. The maximum Gasteiger partial charge on any atom is 0.337 e. The van der Waals surface area contributed by atoms with Crippen molar-refractivity contribution in [1.29, 1.82) is 5.26 Å². The van der Waals surface area contributed by atoms with Gasteiger partial charge < -0.3 is 4.74 Å². The van der Waals surface area contributed by atoms with E-state index in [0.29, 0.717) is 5.56 Å². The van der Waals surface area contributed by atoms with Crippen LogP contribution in [-0.4, -0.2) is 13.1 Å². The summed E-state index contributed by atoms with van der Waals surface area (Å²) in [5.74, 6) is 0.451. The van der Waals surface area contributed by atoms with Gasteiger partial charge in [-0.15, -0.1) is 11.8 Å². The van der Waals surface area contributed by atoms with E-state index in [1.807, 2.05) is 30.3 Å². The highest BCUT2D eigenvalue weighted by Crippen LogP contribution is 2.40. The first-order valence-electron chi connectivity index (χ1n) is 6.78. The Kier molecular flexibility index (Phi) is 3.99. The molecule has 0 atom stereocenters. The predicted octanol–water partition coefficient (Wildman–Crippen LogP) is 4.03. The van der Waals surface area contributed by atoms with E-state index >= 15 is 0 Å². The summed E-state index contributed by atoms with van der Waals surface area (Å²) >= 11 is 1.67. The van der Waals surface area contributed by atoms with Crippen LogP contribution in [0.25, 0.3) is 5.57 Å². The summed E-state index contributed by atoms with van der Waals surface area (Å²) in [6.07, 6.45) is 1.57. The van der Waals surface area contributed by atoms with Crippen molar-refractivity contribution in [2.75, 3.05) is 7.11 Å². The Labute approximate surface area is 133 Å². The van der Waals surface area contributed by atoms with Crippen LogP contribution in [0.4, 0.5) is 0 Å².